The van der Waals surface area contributed by atoms with E-state index in [4.69, 9.17) is 4.42 Å². The maximum atomic E-state index is 12.7. The summed E-state index contributed by atoms with van der Waals surface area (Å²) in [6, 6.07) is 6.35. The van der Waals surface area contributed by atoms with Gasteiger partial charge in [-0.2, -0.15) is 13.2 Å². The number of halogens is 4. The summed E-state index contributed by atoms with van der Waals surface area (Å²) in [6.45, 7) is 1.65. The highest BCUT2D eigenvalue weighted by Crippen LogP contribution is 2.35. The van der Waals surface area contributed by atoms with Crippen molar-refractivity contribution < 1.29 is 22.4 Å². The molecule has 0 aliphatic carbocycles. The minimum absolute atomic E-state index is 0.0212. The van der Waals surface area contributed by atoms with Crippen molar-refractivity contribution in [1.82, 2.24) is 0 Å². The maximum absolute atomic E-state index is 12.7. The first kappa shape index (κ1) is 13.9. The van der Waals surface area contributed by atoms with Crippen LogP contribution in [-0.4, -0.2) is 5.78 Å². The molecule has 0 aliphatic heterocycles. The molecule has 1 aromatic heterocycles. The lowest BCUT2D eigenvalue weighted by Crippen LogP contribution is -2.09. The molecule has 0 saturated carbocycles. The summed E-state index contributed by atoms with van der Waals surface area (Å²) in [4.78, 5) is 12.0. The second-order valence-electron chi connectivity index (χ2n) is 3.93. The molecule has 0 fully saturated rings. The molecule has 0 unspecified atom stereocenters. The average molecular weight is 333 g/mol. The molecule has 1 aromatic carbocycles. The third-order valence-electron chi connectivity index (χ3n) is 2.50. The summed E-state index contributed by atoms with van der Waals surface area (Å²) in [5.41, 5.74) is -0.952. The fraction of sp³-hybridized carbons (Fsp3) is 0.154. The second-order valence-corrected chi connectivity index (χ2v) is 4.79. The number of hydrogen-bond donors (Lipinski definition) is 0. The van der Waals surface area contributed by atoms with E-state index in [1.165, 1.54) is 18.2 Å². The number of carbonyl (C=O) groups is 1. The van der Waals surface area contributed by atoms with Gasteiger partial charge in [0.25, 0.3) is 0 Å². The van der Waals surface area contributed by atoms with Gasteiger partial charge in [0.1, 0.15) is 5.76 Å². The lowest BCUT2D eigenvalue weighted by molar-refractivity contribution is -0.138. The highest BCUT2D eigenvalue weighted by Gasteiger charge is 2.33. The number of benzene rings is 1. The summed E-state index contributed by atoms with van der Waals surface area (Å²) in [5.74, 6) is -0.0319. The summed E-state index contributed by atoms with van der Waals surface area (Å²) in [7, 11) is 0. The normalized spacial score (nSPS) is 11.6. The van der Waals surface area contributed by atoms with Crippen molar-refractivity contribution in [2.75, 3.05) is 0 Å². The van der Waals surface area contributed by atoms with Crippen LogP contribution in [0.15, 0.2) is 39.2 Å². The third kappa shape index (κ3) is 2.89. The number of rotatable bonds is 2. The van der Waals surface area contributed by atoms with Crippen LogP contribution in [0, 0.1) is 6.92 Å². The molecule has 0 radical (unpaired) electrons. The summed E-state index contributed by atoms with van der Waals surface area (Å²) in [6.07, 6.45) is -4.52. The summed E-state index contributed by atoms with van der Waals surface area (Å²) >= 11 is 2.82. The molecule has 0 N–H and O–H groups in total. The first-order valence-corrected chi connectivity index (χ1v) is 6.06. The van der Waals surface area contributed by atoms with Gasteiger partial charge in [0.2, 0.25) is 5.78 Å². The third-order valence-corrected chi connectivity index (χ3v) is 3.19. The van der Waals surface area contributed by atoms with Gasteiger partial charge in [0.05, 0.1) is 5.56 Å². The van der Waals surface area contributed by atoms with Gasteiger partial charge >= 0.3 is 6.18 Å². The van der Waals surface area contributed by atoms with Crippen LogP contribution in [0.25, 0.3) is 0 Å². The van der Waals surface area contributed by atoms with E-state index in [1.807, 2.05) is 0 Å². The summed E-state index contributed by atoms with van der Waals surface area (Å²) < 4.78 is 43.2. The number of ketones is 1. The Morgan fingerprint density at radius 2 is 1.89 bits per heavy atom. The van der Waals surface area contributed by atoms with Crippen molar-refractivity contribution in [3.8, 4) is 0 Å². The van der Waals surface area contributed by atoms with Gasteiger partial charge in [-0.05, 0) is 37.3 Å². The zero-order valence-electron chi connectivity index (χ0n) is 9.72. The molecule has 0 aliphatic rings. The second kappa shape index (κ2) is 4.85. The van der Waals surface area contributed by atoms with Crippen molar-refractivity contribution >= 4 is 21.7 Å². The average Bonchev–Trinajstić information content (AvgIpc) is 2.74. The summed E-state index contributed by atoms with van der Waals surface area (Å²) in [5, 5.41) is 0. The van der Waals surface area contributed by atoms with Crippen molar-refractivity contribution in [3.63, 3.8) is 0 Å². The van der Waals surface area contributed by atoms with Crippen molar-refractivity contribution in [1.29, 1.82) is 0 Å². The van der Waals surface area contributed by atoms with Gasteiger partial charge in [-0.3, -0.25) is 4.79 Å². The van der Waals surface area contributed by atoms with E-state index in [9.17, 15) is 18.0 Å². The van der Waals surface area contributed by atoms with Crippen LogP contribution in [-0.2, 0) is 6.18 Å². The van der Waals surface area contributed by atoms with E-state index in [1.54, 1.807) is 13.0 Å². The van der Waals surface area contributed by atoms with E-state index in [0.717, 1.165) is 6.07 Å². The maximum Gasteiger partial charge on any atom is 0.417 e. The lowest BCUT2D eigenvalue weighted by Gasteiger charge is -2.10. The van der Waals surface area contributed by atoms with Crippen LogP contribution in [0.1, 0.15) is 27.4 Å². The van der Waals surface area contributed by atoms with Gasteiger partial charge in [0, 0.05) is 10.0 Å². The Kier molecular flexibility index (Phi) is 3.54. The zero-order chi connectivity index (χ0) is 14.2. The Hall–Kier alpha value is -1.56. The fourth-order valence-electron chi connectivity index (χ4n) is 1.58. The highest BCUT2D eigenvalue weighted by atomic mass is 79.9. The van der Waals surface area contributed by atoms with Gasteiger partial charge in [-0.25, -0.2) is 0 Å². The molecule has 2 aromatic rings. The molecule has 100 valence electrons. The Morgan fingerprint density at radius 3 is 2.42 bits per heavy atom. The van der Waals surface area contributed by atoms with E-state index in [0.29, 0.717) is 5.76 Å². The molecule has 0 bridgehead atoms. The first-order valence-electron chi connectivity index (χ1n) is 5.27. The van der Waals surface area contributed by atoms with Gasteiger partial charge in [-0.1, -0.05) is 15.9 Å². The van der Waals surface area contributed by atoms with Gasteiger partial charge in [0.15, 0.2) is 5.76 Å². The SMILES string of the molecule is Cc1ccc(C(=O)c2ccc(Br)c(C(F)(F)F)c2)o1. The van der Waals surface area contributed by atoms with E-state index >= 15 is 0 Å². The lowest BCUT2D eigenvalue weighted by atomic mass is 10.1. The van der Waals surface area contributed by atoms with Crippen LogP contribution < -0.4 is 0 Å². The first-order chi connectivity index (χ1) is 8.79. The minimum Gasteiger partial charge on any atom is -0.458 e. The predicted octanol–water partition coefficient (Wildman–Crippen LogP) is 4.60. The van der Waals surface area contributed by atoms with Gasteiger partial charge < -0.3 is 4.42 Å². The Morgan fingerprint density at radius 1 is 1.21 bits per heavy atom. The molecular weight excluding hydrogens is 325 g/mol. The standard InChI is InChI=1S/C13H8BrF3O2/c1-7-2-5-11(19-7)12(18)8-3-4-10(14)9(6-8)13(15,16)17/h2-6H,1H3. The van der Waals surface area contributed by atoms with E-state index < -0.39 is 17.5 Å². The van der Waals surface area contributed by atoms with Crippen LogP contribution in [0.3, 0.4) is 0 Å². The van der Waals surface area contributed by atoms with Gasteiger partial charge in [-0.15, -0.1) is 0 Å². The molecule has 0 atom stereocenters. The largest absolute Gasteiger partial charge is 0.458 e. The molecule has 2 nitrogen and oxygen atoms in total. The molecule has 0 spiro atoms. The van der Waals surface area contributed by atoms with Crippen LogP contribution >= 0.6 is 15.9 Å². The smallest absolute Gasteiger partial charge is 0.417 e. The van der Waals surface area contributed by atoms with Crippen LogP contribution in [0.4, 0.5) is 13.2 Å². The van der Waals surface area contributed by atoms with Crippen LogP contribution in [0.5, 0.6) is 0 Å². The highest BCUT2D eigenvalue weighted by molar-refractivity contribution is 9.10. The molecule has 1 heterocycles. The molecule has 19 heavy (non-hydrogen) atoms. The predicted molar refractivity (Wildman–Crippen MR) is 66.0 cm³/mol. The minimum atomic E-state index is -4.52. The quantitative estimate of drug-likeness (QED) is 0.752. The number of furan rings is 1. The Balaban J connectivity index is 2.44. The molecule has 2 rings (SSSR count). The Bertz CT molecular complexity index is 629. The fourth-order valence-corrected chi connectivity index (χ4v) is 2.05. The number of aryl methyl sites for hydroxylation is 1. The number of alkyl halides is 3. The van der Waals surface area contributed by atoms with E-state index in [2.05, 4.69) is 15.9 Å². The molecule has 6 heteroatoms. The molecule has 0 amide bonds. The molecule has 0 saturated heterocycles. The van der Waals surface area contributed by atoms with E-state index in [-0.39, 0.29) is 15.8 Å². The van der Waals surface area contributed by atoms with Crippen molar-refractivity contribution in [2.24, 2.45) is 0 Å². The zero-order valence-corrected chi connectivity index (χ0v) is 11.3. The number of carbonyl (C=O) groups excluding carboxylic acids is 1. The monoisotopic (exact) mass is 332 g/mol. The Labute approximate surface area is 115 Å². The van der Waals surface area contributed by atoms with Crippen LogP contribution in [0.2, 0.25) is 0 Å². The van der Waals surface area contributed by atoms with Crippen molar-refractivity contribution in [2.45, 2.75) is 13.1 Å². The number of hydrogen-bond acceptors (Lipinski definition) is 2. The molecular formula is C13H8BrF3O2. The van der Waals surface area contributed by atoms with Crippen molar-refractivity contribution in [3.05, 3.63) is 57.5 Å². The topological polar surface area (TPSA) is 30.2 Å².